The standard InChI is InChI=1S/C31H40N2O7/c1-19-7-10-24-23(15-19)28(22-9-8-21(38-5)16-25(22)39-6)40-26(29(35)33(24)18-31(2,3)4)17-27(34)32-13-11-20(12-14-32)30(36)37/h7-10,15-16,20,26,28H,11-14,17-18H2,1-6H3,(H,36,37)/t26-,28-/m0/s1. The summed E-state index contributed by atoms with van der Waals surface area (Å²) in [6.45, 7) is 9.32. The molecule has 9 heteroatoms. The largest absolute Gasteiger partial charge is 0.497 e. The van der Waals surface area contributed by atoms with Crippen molar-refractivity contribution in [3.63, 3.8) is 0 Å². The second kappa shape index (κ2) is 11.9. The van der Waals surface area contributed by atoms with Gasteiger partial charge >= 0.3 is 5.97 Å². The smallest absolute Gasteiger partial charge is 0.306 e. The number of aryl methyl sites for hydroxylation is 1. The van der Waals surface area contributed by atoms with E-state index in [1.807, 2.05) is 37.3 Å². The molecule has 1 saturated heterocycles. The van der Waals surface area contributed by atoms with E-state index in [0.29, 0.717) is 44.0 Å². The van der Waals surface area contributed by atoms with Crippen molar-refractivity contribution in [3.05, 3.63) is 53.1 Å². The van der Waals surface area contributed by atoms with Gasteiger partial charge < -0.3 is 29.1 Å². The fourth-order valence-corrected chi connectivity index (χ4v) is 5.43. The molecule has 0 spiro atoms. The van der Waals surface area contributed by atoms with E-state index < -0.39 is 24.1 Å². The molecule has 40 heavy (non-hydrogen) atoms. The molecule has 0 radical (unpaired) electrons. The highest BCUT2D eigenvalue weighted by Crippen LogP contribution is 2.43. The lowest BCUT2D eigenvalue weighted by atomic mass is 9.93. The molecule has 2 amide bonds. The Morgan fingerprint density at radius 1 is 1.02 bits per heavy atom. The van der Waals surface area contributed by atoms with Gasteiger partial charge in [0.25, 0.3) is 5.91 Å². The molecule has 2 atom stereocenters. The van der Waals surface area contributed by atoms with Gasteiger partial charge in [-0.25, -0.2) is 0 Å². The number of carboxylic acid groups (broad SMARTS) is 1. The zero-order chi connectivity index (χ0) is 29.2. The van der Waals surface area contributed by atoms with Gasteiger partial charge in [0.2, 0.25) is 5.91 Å². The third-order valence-electron chi connectivity index (χ3n) is 7.51. The number of methoxy groups -OCH3 is 2. The van der Waals surface area contributed by atoms with Crippen LogP contribution in [-0.4, -0.2) is 67.7 Å². The molecular formula is C31H40N2O7. The Hall–Kier alpha value is -3.59. The molecular weight excluding hydrogens is 512 g/mol. The second-order valence-electron chi connectivity index (χ2n) is 11.9. The van der Waals surface area contributed by atoms with Crippen molar-refractivity contribution in [2.75, 3.05) is 38.8 Å². The van der Waals surface area contributed by atoms with E-state index in [1.165, 1.54) is 0 Å². The third kappa shape index (κ3) is 6.41. The van der Waals surface area contributed by atoms with E-state index >= 15 is 0 Å². The maximum absolute atomic E-state index is 14.2. The van der Waals surface area contributed by atoms with Crippen LogP contribution < -0.4 is 14.4 Å². The van der Waals surface area contributed by atoms with E-state index in [0.717, 1.165) is 22.4 Å². The Morgan fingerprint density at radius 3 is 2.33 bits per heavy atom. The summed E-state index contributed by atoms with van der Waals surface area (Å²) < 4.78 is 17.7. The number of nitrogens with zero attached hydrogens (tertiary/aromatic N) is 2. The van der Waals surface area contributed by atoms with Crippen molar-refractivity contribution in [2.24, 2.45) is 11.3 Å². The van der Waals surface area contributed by atoms with Crippen molar-refractivity contribution in [3.8, 4) is 11.5 Å². The summed E-state index contributed by atoms with van der Waals surface area (Å²) in [4.78, 5) is 42.4. The lowest BCUT2D eigenvalue weighted by Crippen LogP contribution is -2.47. The molecule has 0 saturated carbocycles. The number of carbonyl (C=O) groups is 3. The number of hydrogen-bond acceptors (Lipinski definition) is 6. The topological polar surface area (TPSA) is 106 Å². The number of carbonyl (C=O) groups excluding carboxylic acids is 2. The molecule has 1 fully saturated rings. The predicted octanol–water partition coefficient (Wildman–Crippen LogP) is 4.59. The van der Waals surface area contributed by atoms with E-state index in [2.05, 4.69) is 20.8 Å². The van der Waals surface area contributed by atoms with Crippen LogP contribution in [0.4, 0.5) is 5.69 Å². The Kier molecular flexibility index (Phi) is 8.73. The van der Waals surface area contributed by atoms with E-state index in [4.69, 9.17) is 14.2 Å². The normalized spacial score (nSPS) is 20.1. The molecule has 0 aliphatic carbocycles. The van der Waals surface area contributed by atoms with Crippen molar-refractivity contribution in [2.45, 2.75) is 59.2 Å². The van der Waals surface area contributed by atoms with Crippen molar-refractivity contribution < 1.29 is 33.7 Å². The van der Waals surface area contributed by atoms with Crippen LogP contribution in [0.5, 0.6) is 11.5 Å². The van der Waals surface area contributed by atoms with Gasteiger partial charge in [-0.1, -0.05) is 38.5 Å². The molecule has 0 bridgehead atoms. The zero-order valence-corrected chi connectivity index (χ0v) is 24.2. The minimum Gasteiger partial charge on any atom is -0.497 e. The fraction of sp³-hybridized carbons (Fsp3) is 0.516. The molecule has 0 unspecified atom stereocenters. The van der Waals surface area contributed by atoms with E-state index in [9.17, 15) is 19.5 Å². The van der Waals surface area contributed by atoms with Crippen molar-refractivity contribution in [1.82, 2.24) is 4.90 Å². The molecule has 2 aliphatic heterocycles. The Bertz CT molecular complexity index is 1260. The number of hydrogen-bond donors (Lipinski definition) is 1. The lowest BCUT2D eigenvalue weighted by Gasteiger charge is -2.33. The summed E-state index contributed by atoms with van der Waals surface area (Å²) in [5.74, 6) is -0.609. The van der Waals surface area contributed by atoms with Crippen LogP contribution in [0.15, 0.2) is 36.4 Å². The van der Waals surface area contributed by atoms with Crippen LogP contribution in [0.2, 0.25) is 0 Å². The van der Waals surface area contributed by atoms with Gasteiger partial charge in [-0.05, 0) is 43.4 Å². The summed E-state index contributed by atoms with van der Waals surface area (Å²) in [6.07, 6.45) is -1.07. The first-order valence-electron chi connectivity index (χ1n) is 13.7. The van der Waals surface area contributed by atoms with Gasteiger partial charge in [-0.2, -0.15) is 0 Å². The average molecular weight is 553 g/mol. The monoisotopic (exact) mass is 552 g/mol. The SMILES string of the molecule is COc1ccc([C@@H]2O[C@@H](CC(=O)N3CCC(C(=O)O)CC3)C(=O)N(CC(C)(C)C)c3ccc(C)cc32)c(OC)c1. The molecule has 2 aromatic rings. The first-order valence-corrected chi connectivity index (χ1v) is 13.7. The second-order valence-corrected chi connectivity index (χ2v) is 11.9. The maximum Gasteiger partial charge on any atom is 0.306 e. The van der Waals surface area contributed by atoms with Crippen LogP contribution in [0.3, 0.4) is 0 Å². The number of likely N-dealkylation sites (tertiary alicyclic amines) is 1. The predicted molar refractivity (Wildman–Crippen MR) is 151 cm³/mol. The Morgan fingerprint density at radius 2 is 1.73 bits per heavy atom. The van der Waals surface area contributed by atoms with Gasteiger partial charge in [-0.3, -0.25) is 14.4 Å². The van der Waals surface area contributed by atoms with Gasteiger partial charge in [-0.15, -0.1) is 0 Å². The fourth-order valence-electron chi connectivity index (χ4n) is 5.43. The first kappa shape index (κ1) is 29.4. The summed E-state index contributed by atoms with van der Waals surface area (Å²) in [6, 6.07) is 11.4. The number of ether oxygens (including phenoxy) is 3. The summed E-state index contributed by atoms with van der Waals surface area (Å²) in [5.41, 5.74) is 3.07. The highest BCUT2D eigenvalue weighted by molar-refractivity contribution is 6.00. The minimum absolute atomic E-state index is 0.140. The number of fused-ring (bicyclic) bond motifs is 1. The number of amides is 2. The number of aliphatic carboxylic acids is 1. The van der Waals surface area contributed by atoms with Crippen LogP contribution in [-0.2, 0) is 19.1 Å². The highest BCUT2D eigenvalue weighted by atomic mass is 16.5. The van der Waals surface area contributed by atoms with Crippen LogP contribution >= 0.6 is 0 Å². The van der Waals surface area contributed by atoms with Gasteiger partial charge in [0, 0.05) is 42.5 Å². The van der Waals surface area contributed by atoms with Crippen molar-refractivity contribution in [1.29, 1.82) is 0 Å². The molecule has 216 valence electrons. The molecule has 2 aliphatic rings. The summed E-state index contributed by atoms with van der Waals surface area (Å²) in [7, 11) is 3.16. The van der Waals surface area contributed by atoms with E-state index in [1.54, 1.807) is 30.1 Å². The zero-order valence-electron chi connectivity index (χ0n) is 24.2. The number of anilines is 1. The number of carboxylic acids is 1. The maximum atomic E-state index is 14.2. The summed E-state index contributed by atoms with van der Waals surface area (Å²) >= 11 is 0. The first-order chi connectivity index (χ1) is 18.9. The molecule has 1 N–H and O–H groups in total. The average Bonchev–Trinajstić information content (AvgIpc) is 3.02. The highest BCUT2D eigenvalue weighted by Gasteiger charge is 2.40. The molecule has 2 heterocycles. The molecule has 2 aromatic carbocycles. The Balaban J connectivity index is 1.75. The van der Waals surface area contributed by atoms with Crippen LogP contribution in [0.25, 0.3) is 0 Å². The quantitative estimate of drug-likeness (QED) is 0.536. The van der Waals surface area contributed by atoms with Gasteiger partial charge in [0.05, 0.1) is 26.6 Å². The van der Waals surface area contributed by atoms with Gasteiger partial charge in [0.15, 0.2) is 0 Å². The minimum atomic E-state index is -1.04. The van der Waals surface area contributed by atoms with Gasteiger partial charge in [0.1, 0.15) is 23.7 Å². The molecule has 9 nitrogen and oxygen atoms in total. The Labute approximate surface area is 236 Å². The lowest BCUT2D eigenvalue weighted by molar-refractivity contribution is -0.148. The number of benzene rings is 2. The van der Waals surface area contributed by atoms with Crippen LogP contribution in [0, 0.1) is 18.3 Å². The molecule has 4 rings (SSSR count). The van der Waals surface area contributed by atoms with Crippen LogP contribution in [0.1, 0.15) is 62.8 Å². The third-order valence-corrected chi connectivity index (χ3v) is 7.51. The molecule has 0 aromatic heterocycles. The van der Waals surface area contributed by atoms with E-state index in [-0.39, 0.29) is 23.7 Å². The number of rotatable bonds is 7. The van der Waals surface area contributed by atoms with Crippen molar-refractivity contribution >= 4 is 23.5 Å². The summed E-state index contributed by atoms with van der Waals surface area (Å²) in [5, 5.41) is 9.34. The number of piperidine rings is 1.